The molecule has 2 N–H and O–H groups in total. The molecule has 0 bridgehead atoms. The van der Waals surface area contributed by atoms with Crippen LogP contribution in [0.25, 0.3) is 6.08 Å². The Morgan fingerprint density at radius 2 is 2.07 bits per heavy atom. The minimum atomic E-state index is -0.553. The van der Waals surface area contributed by atoms with Crippen molar-refractivity contribution in [1.29, 1.82) is 0 Å². The zero-order valence-electron chi connectivity index (χ0n) is 16.3. The standard InChI is InChI=1S/C21H19BrN2O5S/c1-3-29-17-8-13(15(22)10-16(17)25)9-18-20(27)24(21(28)30-18)11-19(26)23-14-6-4-5-12(2)7-14/h4-10,25H,3,11H2,1-2H3,(H,23,26)/b18-9-. The van der Waals surface area contributed by atoms with Gasteiger partial charge >= 0.3 is 0 Å². The van der Waals surface area contributed by atoms with Crippen molar-refractivity contribution < 1.29 is 24.2 Å². The lowest BCUT2D eigenvalue weighted by Gasteiger charge is -2.12. The van der Waals surface area contributed by atoms with Gasteiger partial charge < -0.3 is 15.2 Å². The summed E-state index contributed by atoms with van der Waals surface area (Å²) < 4.78 is 5.90. The van der Waals surface area contributed by atoms with Gasteiger partial charge in [-0.25, -0.2) is 0 Å². The van der Waals surface area contributed by atoms with Crippen LogP contribution in [0.1, 0.15) is 18.1 Å². The Morgan fingerprint density at radius 3 is 2.77 bits per heavy atom. The van der Waals surface area contributed by atoms with Gasteiger partial charge in [0.25, 0.3) is 11.1 Å². The molecule has 0 aromatic heterocycles. The molecule has 0 radical (unpaired) electrons. The number of aromatic hydroxyl groups is 1. The van der Waals surface area contributed by atoms with Crippen LogP contribution in [0.2, 0.25) is 0 Å². The second kappa shape index (κ2) is 9.36. The Hall–Kier alpha value is -2.78. The molecule has 0 unspecified atom stereocenters. The number of carbonyl (C=O) groups is 3. The highest BCUT2D eigenvalue weighted by atomic mass is 79.9. The Morgan fingerprint density at radius 1 is 1.30 bits per heavy atom. The number of ether oxygens (including phenoxy) is 1. The van der Waals surface area contributed by atoms with Crippen molar-refractivity contribution in [2.75, 3.05) is 18.5 Å². The SMILES string of the molecule is CCOc1cc(/C=C2\SC(=O)N(CC(=O)Nc3cccc(C)c3)C2=O)c(Br)cc1O. The van der Waals surface area contributed by atoms with Gasteiger partial charge in [0.05, 0.1) is 11.5 Å². The number of rotatable bonds is 6. The van der Waals surface area contributed by atoms with Crippen LogP contribution in [0.3, 0.4) is 0 Å². The molecule has 3 amide bonds. The molecule has 1 saturated heterocycles. The van der Waals surface area contributed by atoms with E-state index >= 15 is 0 Å². The number of halogens is 1. The van der Waals surface area contributed by atoms with Crippen LogP contribution in [-0.4, -0.2) is 40.2 Å². The first-order chi connectivity index (χ1) is 14.3. The summed E-state index contributed by atoms with van der Waals surface area (Å²) in [5.41, 5.74) is 2.14. The van der Waals surface area contributed by atoms with E-state index in [0.717, 1.165) is 22.2 Å². The van der Waals surface area contributed by atoms with Crippen molar-refractivity contribution in [3.63, 3.8) is 0 Å². The molecule has 3 rings (SSSR count). The fraction of sp³-hybridized carbons (Fsp3) is 0.190. The van der Waals surface area contributed by atoms with E-state index in [1.807, 2.05) is 13.0 Å². The van der Waals surface area contributed by atoms with Crippen molar-refractivity contribution in [1.82, 2.24) is 4.90 Å². The number of anilines is 1. The number of nitrogens with zero attached hydrogens (tertiary/aromatic N) is 1. The molecule has 7 nitrogen and oxygen atoms in total. The molecule has 0 spiro atoms. The molecule has 1 fully saturated rings. The first-order valence-corrected chi connectivity index (χ1v) is 10.7. The van der Waals surface area contributed by atoms with Crippen molar-refractivity contribution in [2.45, 2.75) is 13.8 Å². The molecular formula is C21H19BrN2O5S. The van der Waals surface area contributed by atoms with Crippen molar-refractivity contribution in [3.8, 4) is 11.5 Å². The van der Waals surface area contributed by atoms with Gasteiger partial charge in [0.1, 0.15) is 6.54 Å². The fourth-order valence-corrected chi connectivity index (χ4v) is 4.06. The van der Waals surface area contributed by atoms with Crippen LogP contribution in [0.4, 0.5) is 10.5 Å². The van der Waals surface area contributed by atoms with Gasteiger partial charge in [0.2, 0.25) is 5.91 Å². The van der Waals surface area contributed by atoms with Gasteiger partial charge in [-0.3, -0.25) is 19.3 Å². The monoisotopic (exact) mass is 490 g/mol. The van der Waals surface area contributed by atoms with E-state index in [-0.39, 0.29) is 22.9 Å². The molecule has 1 aliphatic rings. The molecule has 0 aliphatic carbocycles. The van der Waals surface area contributed by atoms with Crippen molar-refractivity contribution in [2.24, 2.45) is 0 Å². The van der Waals surface area contributed by atoms with E-state index in [1.54, 1.807) is 31.2 Å². The summed E-state index contributed by atoms with van der Waals surface area (Å²) in [6.07, 6.45) is 1.52. The second-order valence-electron chi connectivity index (χ2n) is 6.46. The molecule has 1 heterocycles. The lowest BCUT2D eigenvalue weighted by atomic mass is 10.2. The van der Waals surface area contributed by atoms with E-state index in [4.69, 9.17) is 4.74 Å². The van der Waals surface area contributed by atoms with E-state index in [9.17, 15) is 19.5 Å². The fourth-order valence-electron chi connectivity index (χ4n) is 2.78. The first-order valence-electron chi connectivity index (χ1n) is 9.05. The maximum Gasteiger partial charge on any atom is 0.294 e. The molecule has 2 aromatic carbocycles. The van der Waals surface area contributed by atoms with E-state index in [0.29, 0.717) is 22.3 Å². The topological polar surface area (TPSA) is 95.9 Å². The van der Waals surface area contributed by atoms with Crippen LogP contribution in [0.5, 0.6) is 11.5 Å². The van der Waals surface area contributed by atoms with Crippen LogP contribution in [-0.2, 0) is 9.59 Å². The Labute approximate surface area is 186 Å². The average Bonchev–Trinajstić information content (AvgIpc) is 2.93. The van der Waals surface area contributed by atoms with E-state index in [1.165, 1.54) is 12.1 Å². The molecule has 1 aliphatic heterocycles. The largest absolute Gasteiger partial charge is 0.504 e. The number of imide groups is 1. The summed E-state index contributed by atoms with van der Waals surface area (Å²) in [5.74, 6) is -0.790. The third-order valence-electron chi connectivity index (χ3n) is 4.14. The minimum Gasteiger partial charge on any atom is -0.504 e. The smallest absolute Gasteiger partial charge is 0.294 e. The molecule has 30 heavy (non-hydrogen) atoms. The quantitative estimate of drug-likeness (QED) is 0.577. The van der Waals surface area contributed by atoms with Gasteiger partial charge in [-0.15, -0.1) is 0 Å². The molecule has 2 aromatic rings. The first kappa shape index (κ1) is 21.9. The third kappa shape index (κ3) is 5.03. The third-order valence-corrected chi connectivity index (χ3v) is 5.74. The summed E-state index contributed by atoms with van der Waals surface area (Å²) in [4.78, 5) is 38.4. The van der Waals surface area contributed by atoms with Gasteiger partial charge in [-0.2, -0.15) is 0 Å². The normalized spacial score (nSPS) is 15.0. The van der Waals surface area contributed by atoms with E-state index in [2.05, 4.69) is 21.2 Å². The number of phenolic OH excluding ortho intramolecular Hbond substituents is 1. The molecular weight excluding hydrogens is 472 g/mol. The summed E-state index contributed by atoms with van der Waals surface area (Å²) in [7, 11) is 0. The van der Waals surface area contributed by atoms with Gasteiger partial charge in [-0.1, -0.05) is 28.1 Å². The zero-order chi connectivity index (χ0) is 21.8. The van der Waals surface area contributed by atoms with Gasteiger partial charge in [-0.05, 0) is 67.1 Å². The lowest BCUT2D eigenvalue weighted by Crippen LogP contribution is -2.36. The Kier molecular flexibility index (Phi) is 6.84. The zero-order valence-corrected chi connectivity index (χ0v) is 18.7. The summed E-state index contributed by atoms with van der Waals surface area (Å²) in [5, 5.41) is 12.1. The van der Waals surface area contributed by atoms with Gasteiger partial charge in [0.15, 0.2) is 11.5 Å². The number of hydrogen-bond acceptors (Lipinski definition) is 6. The predicted octanol–water partition coefficient (Wildman–Crippen LogP) is 4.54. The maximum atomic E-state index is 12.7. The number of hydrogen-bond donors (Lipinski definition) is 2. The minimum absolute atomic E-state index is 0.0400. The van der Waals surface area contributed by atoms with Crippen LogP contribution in [0, 0.1) is 6.92 Å². The van der Waals surface area contributed by atoms with Crippen LogP contribution >= 0.6 is 27.7 Å². The maximum absolute atomic E-state index is 12.7. The number of thioether (sulfide) groups is 1. The predicted molar refractivity (Wildman–Crippen MR) is 119 cm³/mol. The van der Waals surface area contributed by atoms with Crippen LogP contribution < -0.4 is 10.1 Å². The van der Waals surface area contributed by atoms with Crippen molar-refractivity contribution in [3.05, 3.63) is 56.9 Å². The molecule has 9 heteroatoms. The van der Waals surface area contributed by atoms with E-state index < -0.39 is 17.1 Å². The summed E-state index contributed by atoms with van der Waals surface area (Å²) in [6, 6.07) is 10.3. The summed E-state index contributed by atoms with van der Waals surface area (Å²) >= 11 is 4.08. The number of benzene rings is 2. The molecule has 156 valence electrons. The highest BCUT2D eigenvalue weighted by molar-refractivity contribution is 9.10. The highest BCUT2D eigenvalue weighted by Gasteiger charge is 2.36. The molecule has 0 saturated carbocycles. The van der Waals surface area contributed by atoms with Crippen LogP contribution in [0.15, 0.2) is 45.8 Å². The number of phenols is 1. The Bertz CT molecular complexity index is 1050. The number of aryl methyl sites for hydroxylation is 1. The number of amides is 3. The Balaban J connectivity index is 1.76. The number of carbonyl (C=O) groups excluding carboxylic acids is 3. The second-order valence-corrected chi connectivity index (χ2v) is 8.31. The lowest BCUT2D eigenvalue weighted by molar-refractivity contribution is -0.127. The van der Waals surface area contributed by atoms with Gasteiger partial charge in [0, 0.05) is 10.2 Å². The number of nitrogens with one attached hydrogen (secondary N) is 1. The molecule has 0 atom stereocenters. The average molecular weight is 491 g/mol. The highest BCUT2D eigenvalue weighted by Crippen LogP contribution is 2.37. The van der Waals surface area contributed by atoms with Crippen molar-refractivity contribution >= 4 is 56.5 Å². The summed E-state index contributed by atoms with van der Waals surface area (Å²) in [6.45, 7) is 3.67.